The number of nitrogens with two attached hydrogens (primary N) is 1. The Bertz CT molecular complexity index is 655. The van der Waals surface area contributed by atoms with E-state index in [-0.39, 0.29) is 0 Å². The molecule has 0 aliphatic rings. The van der Waals surface area contributed by atoms with Gasteiger partial charge in [0.1, 0.15) is 10.8 Å². The lowest BCUT2D eigenvalue weighted by Crippen LogP contribution is -1.95. The van der Waals surface area contributed by atoms with Crippen LogP contribution in [0, 0.1) is 0 Å². The van der Waals surface area contributed by atoms with Crippen LogP contribution in [-0.4, -0.2) is 12.1 Å². The van der Waals surface area contributed by atoms with Gasteiger partial charge in [-0.05, 0) is 29.8 Å². The molecule has 0 aliphatic carbocycles. The third kappa shape index (κ3) is 2.96. The van der Waals surface area contributed by atoms with Gasteiger partial charge in [0.15, 0.2) is 0 Å². The third-order valence-electron chi connectivity index (χ3n) is 3.33. The van der Waals surface area contributed by atoms with Crippen molar-refractivity contribution >= 4 is 11.3 Å². The standard InChI is InChI=1S/C17H16N2OS/c1-20-15-8-6-13(7-9-15)16-11-21-17(19-16)14-4-2-12(10-18)3-5-14/h2-9,11H,10,18H2,1H3. The second-order valence-corrected chi connectivity index (χ2v) is 5.53. The van der Waals surface area contributed by atoms with Gasteiger partial charge in [0, 0.05) is 23.1 Å². The summed E-state index contributed by atoms with van der Waals surface area (Å²) in [6.45, 7) is 0.565. The third-order valence-corrected chi connectivity index (χ3v) is 4.22. The highest BCUT2D eigenvalue weighted by Gasteiger charge is 2.07. The van der Waals surface area contributed by atoms with Crippen LogP contribution >= 0.6 is 11.3 Å². The molecule has 0 spiro atoms. The maximum atomic E-state index is 5.62. The van der Waals surface area contributed by atoms with E-state index in [4.69, 9.17) is 15.5 Å². The minimum Gasteiger partial charge on any atom is -0.497 e. The first-order valence-electron chi connectivity index (χ1n) is 6.69. The molecule has 0 amide bonds. The molecule has 0 saturated carbocycles. The molecule has 1 heterocycles. The summed E-state index contributed by atoms with van der Waals surface area (Å²) in [6, 6.07) is 16.2. The van der Waals surface area contributed by atoms with E-state index in [2.05, 4.69) is 17.5 Å². The molecule has 2 N–H and O–H groups in total. The summed E-state index contributed by atoms with van der Waals surface area (Å²) in [5, 5.41) is 3.10. The van der Waals surface area contributed by atoms with Crippen molar-refractivity contribution in [1.82, 2.24) is 4.98 Å². The molecule has 21 heavy (non-hydrogen) atoms. The van der Waals surface area contributed by atoms with Crippen LogP contribution in [-0.2, 0) is 6.54 Å². The zero-order valence-electron chi connectivity index (χ0n) is 11.7. The van der Waals surface area contributed by atoms with Gasteiger partial charge in [0.25, 0.3) is 0 Å². The van der Waals surface area contributed by atoms with E-state index in [0.717, 1.165) is 33.1 Å². The average molecular weight is 296 g/mol. The van der Waals surface area contributed by atoms with Crippen molar-refractivity contribution in [2.24, 2.45) is 5.73 Å². The minimum absolute atomic E-state index is 0.565. The van der Waals surface area contributed by atoms with Crippen molar-refractivity contribution in [3.63, 3.8) is 0 Å². The van der Waals surface area contributed by atoms with Crippen molar-refractivity contribution < 1.29 is 4.74 Å². The van der Waals surface area contributed by atoms with E-state index in [1.807, 2.05) is 36.4 Å². The van der Waals surface area contributed by atoms with Crippen LogP contribution < -0.4 is 10.5 Å². The summed E-state index contributed by atoms with van der Waals surface area (Å²) in [6.07, 6.45) is 0. The lowest BCUT2D eigenvalue weighted by Gasteiger charge is -2.01. The summed E-state index contributed by atoms with van der Waals surface area (Å²) in [5.74, 6) is 0.853. The molecule has 0 aliphatic heterocycles. The van der Waals surface area contributed by atoms with E-state index >= 15 is 0 Å². The molecular weight excluding hydrogens is 280 g/mol. The molecule has 3 rings (SSSR count). The maximum Gasteiger partial charge on any atom is 0.124 e. The van der Waals surface area contributed by atoms with Gasteiger partial charge < -0.3 is 10.5 Å². The quantitative estimate of drug-likeness (QED) is 0.793. The van der Waals surface area contributed by atoms with Gasteiger partial charge in [-0.3, -0.25) is 0 Å². The number of benzene rings is 2. The summed E-state index contributed by atoms with van der Waals surface area (Å²) in [5.41, 5.74) is 9.95. The molecule has 2 aromatic carbocycles. The lowest BCUT2D eigenvalue weighted by atomic mass is 10.1. The van der Waals surface area contributed by atoms with E-state index in [1.54, 1.807) is 18.4 Å². The van der Waals surface area contributed by atoms with E-state index in [0.29, 0.717) is 6.54 Å². The van der Waals surface area contributed by atoms with Crippen molar-refractivity contribution in [2.45, 2.75) is 6.54 Å². The first kappa shape index (κ1) is 13.8. The zero-order valence-corrected chi connectivity index (χ0v) is 12.6. The van der Waals surface area contributed by atoms with Crippen LogP contribution in [0.1, 0.15) is 5.56 Å². The fourth-order valence-electron chi connectivity index (χ4n) is 2.08. The van der Waals surface area contributed by atoms with E-state index in [9.17, 15) is 0 Å². The zero-order chi connectivity index (χ0) is 14.7. The van der Waals surface area contributed by atoms with Crippen molar-refractivity contribution in [3.05, 3.63) is 59.5 Å². The van der Waals surface area contributed by atoms with Gasteiger partial charge in [-0.2, -0.15) is 0 Å². The number of thiazole rings is 1. The van der Waals surface area contributed by atoms with Crippen LogP contribution in [0.25, 0.3) is 21.8 Å². The predicted octanol–water partition coefficient (Wildman–Crippen LogP) is 3.94. The highest BCUT2D eigenvalue weighted by molar-refractivity contribution is 7.13. The van der Waals surface area contributed by atoms with Gasteiger partial charge in [-0.15, -0.1) is 11.3 Å². The summed E-state index contributed by atoms with van der Waals surface area (Å²) in [7, 11) is 1.67. The topological polar surface area (TPSA) is 48.1 Å². The maximum absolute atomic E-state index is 5.62. The Labute approximate surface area is 128 Å². The lowest BCUT2D eigenvalue weighted by molar-refractivity contribution is 0.415. The molecule has 0 bridgehead atoms. The van der Waals surface area contributed by atoms with Gasteiger partial charge in [-0.1, -0.05) is 24.3 Å². The van der Waals surface area contributed by atoms with Crippen LogP contribution in [0.5, 0.6) is 5.75 Å². The Morgan fingerprint density at radius 3 is 2.29 bits per heavy atom. The molecule has 0 fully saturated rings. The van der Waals surface area contributed by atoms with Crippen molar-refractivity contribution in [1.29, 1.82) is 0 Å². The van der Waals surface area contributed by atoms with Gasteiger partial charge in [0.05, 0.1) is 12.8 Å². The smallest absolute Gasteiger partial charge is 0.124 e. The number of hydrogen-bond acceptors (Lipinski definition) is 4. The van der Waals surface area contributed by atoms with Crippen LogP contribution in [0.3, 0.4) is 0 Å². The fourth-order valence-corrected chi connectivity index (χ4v) is 2.92. The Kier molecular flexibility index (Phi) is 3.99. The predicted molar refractivity (Wildman–Crippen MR) is 87.4 cm³/mol. The molecule has 0 saturated heterocycles. The molecule has 1 aromatic heterocycles. The molecule has 3 aromatic rings. The van der Waals surface area contributed by atoms with Gasteiger partial charge >= 0.3 is 0 Å². The first-order valence-corrected chi connectivity index (χ1v) is 7.57. The molecular formula is C17H16N2OS. The van der Waals surface area contributed by atoms with Crippen LogP contribution in [0.15, 0.2) is 53.9 Å². The second-order valence-electron chi connectivity index (χ2n) is 4.67. The highest BCUT2D eigenvalue weighted by atomic mass is 32.1. The van der Waals surface area contributed by atoms with E-state index in [1.165, 1.54) is 0 Å². The summed E-state index contributed by atoms with van der Waals surface area (Å²) < 4.78 is 5.17. The number of nitrogens with zero attached hydrogens (tertiary/aromatic N) is 1. The Hall–Kier alpha value is -2.17. The average Bonchev–Trinajstić information content (AvgIpc) is 3.05. The van der Waals surface area contributed by atoms with Gasteiger partial charge in [-0.25, -0.2) is 4.98 Å². The molecule has 3 nitrogen and oxygen atoms in total. The number of hydrogen-bond donors (Lipinski definition) is 1. The molecule has 0 atom stereocenters. The second kappa shape index (κ2) is 6.08. The SMILES string of the molecule is COc1ccc(-c2csc(-c3ccc(CN)cc3)n2)cc1. The fraction of sp³-hybridized carbons (Fsp3) is 0.118. The number of rotatable bonds is 4. The number of methoxy groups -OCH3 is 1. The van der Waals surface area contributed by atoms with Crippen molar-refractivity contribution in [3.8, 4) is 27.6 Å². The van der Waals surface area contributed by atoms with Crippen LogP contribution in [0.4, 0.5) is 0 Å². The van der Waals surface area contributed by atoms with E-state index < -0.39 is 0 Å². The highest BCUT2D eigenvalue weighted by Crippen LogP contribution is 2.29. The Morgan fingerprint density at radius 1 is 1.00 bits per heavy atom. The summed E-state index contributed by atoms with van der Waals surface area (Å²) >= 11 is 1.65. The molecule has 106 valence electrons. The largest absolute Gasteiger partial charge is 0.497 e. The monoisotopic (exact) mass is 296 g/mol. The summed E-state index contributed by atoms with van der Waals surface area (Å²) in [4.78, 5) is 4.71. The van der Waals surface area contributed by atoms with Crippen LogP contribution in [0.2, 0.25) is 0 Å². The molecule has 4 heteroatoms. The Morgan fingerprint density at radius 2 is 1.67 bits per heavy atom. The normalized spacial score (nSPS) is 10.6. The molecule has 0 unspecified atom stereocenters. The Balaban J connectivity index is 1.87. The van der Waals surface area contributed by atoms with Gasteiger partial charge in [0.2, 0.25) is 0 Å². The van der Waals surface area contributed by atoms with Crippen molar-refractivity contribution in [2.75, 3.05) is 7.11 Å². The first-order chi connectivity index (χ1) is 10.3. The number of ether oxygens (including phenoxy) is 1. The minimum atomic E-state index is 0.565. The number of aromatic nitrogens is 1. The molecule has 0 radical (unpaired) electrons.